The third kappa shape index (κ3) is 2.94. The van der Waals surface area contributed by atoms with E-state index in [1.54, 1.807) is 0 Å². The number of aliphatic hydroxyl groups excluding tert-OH is 1. The van der Waals surface area contributed by atoms with Crippen molar-refractivity contribution < 1.29 is 18.6 Å². The van der Waals surface area contributed by atoms with Crippen LogP contribution in [0.4, 0.5) is 8.78 Å². The Bertz CT molecular complexity index is 686. The molecule has 112 valence electrons. The third-order valence-electron chi connectivity index (χ3n) is 3.45. The van der Waals surface area contributed by atoms with Crippen molar-refractivity contribution in [2.45, 2.75) is 20.0 Å². The summed E-state index contributed by atoms with van der Waals surface area (Å²) in [6, 6.07) is 5.24. The Hall–Kier alpha value is -1.46. The predicted octanol–water partition coefficient (Wildman–Crippen LogP) is 4.43. The molecule has 1 N–H and O–H groups in total. The van der Waals surface area contributed by atoms with E-state index in [9.17, 15) is 13.9 Å². The van der Waals surface area contributed by atoms with E-state index in [2.05, 4.69) is 15.9 Å². The molecule has 0 aliphatic carbocycles. The molecule has 0 bridgehead atoms. The molecule has 0 aromatic heterocycles. The Kier molecular flexibility index (Phi) is 4.64. The lowest BCUT2D eigenvalue weighted by Gasteiger charge is -2.21. The SMILES string of the molecule is COc1c(C)cc(Br)c(C)c1C(O)c1ccc(F)c(F)c1. The highest BCUT2D eigenvalue weighted by Crippen LogP contribution is 2.38. The van der Waals surface area contributed by atoms with Crippen molar-refractivity contribution in [3.05, 3.63) is 62.6 Å². The molecule has 0 fully saturated rings. The van der Waals surface area contributed by atoms with Crippen molar-refractivity contribution in [3.63, 3.8) is 0 Å². The Morgan fingerprint density at radius 1 is 1.14 bits per heavy atom. The number of aliphatic hydroxyl groups is 1. The number of halogens is 3. The summed E-state index contributed by atoms with van der Waals surface area (Å²) in [4.78, 5) is 0. The third-order valence-corrected chi connectivity index (χ3v) is 4.27. The Morgan fingerprint density at radius 2 is 1.81 bits per heavy atom. The van der Waals surface area contributed by atoms with Gasteiger partial charge in [0, 0.05) is 10.0 Å². The summed E-state index contributed by atoms with van der Waals surface area (Å²) < 4.78 is 32.6. The first kappa shape index (κ1) is 15.9. The molecule has 0 radical (unpaired) electrons. The fraction of sp³-hybridized carbons (Fsp3) is 0.250. The van der Waals surface area contributed by atoms with Gasteiger partial charge in [-0.2, -0.15) is 0 Å². The van der Waals surface area contributed by atoms with E-state index in [1.165, 1.54) is 13.2 Å². The molecule has 2 aromatic carbocycles. The molecule has 21 heavy (non-hydrogen) atoms. The maximum absolute atomic E-state index is 13.4. The molecule has 2 nitrogen and oxygen atoms in total. The van der Waals surface area contributed by atoms with Crippen LogP contribution in [0.5, 0.6) is 5.75 Å². The minimum absolute atomic E-state index is 0.271. The standard InChI is InChI=1S/C16H15BrF2O2/c1-8-6-11(17)9(2)14(16(8)21-3)15(20)10-4-5-12(18)13(19)7-10/h4-7,15,20H,1-3H3. The monoisotopic (exact) mass is 356 g/mol. The minimum Gasteiger partial charge on any atom is -0.496 e. The van der Waals surface area contributed by atoms with Gasteiger partial charge in [0.1, 0.15) is 11.9 Å². The van der Waals surface area contributed by atoms with Crippen molar-refractivity contribution in [2.24, 2.45) is 0 Å². The highest BCUT2D eigenvalue weighted by atomic mass is 79.9. The van der Waals surface area contributed by atoms with Crippen molar-refractivity contribution >= 4 is 15.9 Å². The molecule has 5 heteroatoms. The van der Waals surface area contributed by atoms with Crippen LogP contribution in [0.3, 0.4) is 0 Å². The summed E-state index contributed by atoms with van der Waals surface area (Å²) in [5, 5.41) is 10.6. The van der Waals surface area contributed by atoms with E-state index >= 15 is 0 Å². The molecule has 0 saturated heterocycles. The number of benzene rings is 2. The molecule has 0 heterocycles. The van der Waals surface area contributed by atoms with Gasteiger partial charge in [-0.05, 0) is 48.7 Å². The van der Waals surface area contributed by atoms with Gasteiger partial charge in [-0.25, -0.2) is 8.78 Å². The van der Waals surface area contributed by atoms with Crippen LogP contribution in [0, 0.1) is 25.5 Å². The molecule has 2 aromatic rings. The normalized spacial score (nSPS) is 12.3. The van der Waals surface area contributed by atoms with E-state index in [1.807, 2.05) is 19.9 Å². The fourth-order valence-electron chi connectivity index (χ4n) is 2.32. The lowest BCUT2D eigenvalue weighted by molar-refractivity contribution is 0.213. The van der Waals surface area contributed by atoms with Crippen molar-refractivity contribution in [1.82, 2.24) is 0 Å². The van der Waals surface area contributed by atoms with Gasteiger partial charge in [-0.3, -0.25) is 0 Å². The summed E-state index contributed by atoms with van der Waals surface area (Å²) in [5.41, 5.74) is 2.43. The highest BCUT2D eigenvalue weighted by Gasteiger charge is 2.22. The number of methoxy groups -OCH3 is 1. The average Bonchev–Trinajstić information content (AvgIpc) is 2.44. The fourth-order valence-corrected chi connectivity index (χ4v) is 2.88. The number of hydrogen-bond acceptors (Lipinski definition) is 2. The summed E-state index contributed by atoms with van der Waals surface area (Å²) in [7, 11) is 1.51. The summed E-state index contributed by atoms with van der Waals surface area (Å²) in [6.07, 6.45) is -1.11. The lowest BCUT2D eigenvalue weighted by atomic mass is 9.94. The van der Waals surface area contributed by atoms with Crippen LogP contribution in [0.2, 0.25) is 0 Å². The molecular formula is C16H15BrF2O2. The Morgan fingerprint density at radius 3 is 2.38 bits per heavy atom. The second kappa shape index (κ2) is 6.12. The maximum atomic E-state index is 13.4. The second-order valence-electron chi connectivity index (χ2n) is 4.82. The molecule has 1 unspecified atom stereocenters. The molecular weight excluding hydrogens is 342 g/mol. The number of ether oxygens (including phenoxy) is 1. The Labute approximate surface area is 130 Å². The van der Waals surface area contributed by atoms with Gasteiger partial charge in [0.15, 0.2) is 11.6 Å². The van der Waals surface area contributed by atoms with Gasteiger partial charge >= 0.3 is 0 Å². The molecule has 0 aliphatic heterocycles. The average molecular weight is 357 g/mol. The van der Waals surface area contributed by atoms with E-state index in [0.717, 1.165) is 27.7 Å². The van der Waals surface area contributed by atoms with E-state index in [0.29, 0.717) is 11.3 Å². The van der Waals surface area contributed by atoms with Crippen LogP contribution < -0.4 is 4.74 Å². The summed E-state index contributed by atoms with van der Waals surface area (Å²) in [5.74, 6) is -1.40. The molecule has 2 rings (SSSR count). The van der Waals surface area contributed by atoms with E-state index < -0.39 is 17.7 Å². The molecule has 0 saturated carbocycles. The largest absolute Gasteiger partial charge is 0.496 e. The smallest absolute Gasteiger partial charge is 0.159 e. The van der Waals surface area contributed by atoms with Crippen LogP contribution >= 0.6 is 15.9 Å². The van der Waals surface area contributed by atoms with Crippen molar-refractivity contribution in [1.29, 1.82) is 0 Å². The second-order valence-corrected chi connectivity index (χ2v) is 5.68. The van der Waals surface area contributed by atoms with Crippen LogP contribution in [0.1, 0.15) is 28.4 Å². The minimum atomic E-state index is -1.11. The Balaban J connectivity index is 2.62. The zero-order chi connectivity index (χ0) is 15.7. The first-order valence-corrected chi connectivity index (χ1v) is 7.12. The number of rotatable bonds is 3. The van der Waals surface area contributed by atoms with Gasteiger partial charge in [0.05, 0.1) is 7.11 Å². The predicted molar refractivity (Wildman–Crippen MR) is 80.6 cm³/mol. The topological polar surface area (TPSA) is 29.5 Å². The van der Waals surface area contributed by atoms with E-state index in [4.69, 9.17) is 4.74 Å². The highest BCUT2D eigenvalue weighted by molar-refractivity contribution is 9.10. The van der Waals surface area contributed by atoms with Crippen molar-refractivity contribution in [3.8, 4) is 5.75 Å². The lowest BCUT2D eigenvalue weighted by Crippen LogP contribution is -2.07. The van der Waals surface area contributed by atoms with Gasteiger partial charge in [-0.1, -0.05) is 22.0 Å². The van der Waals surface area contributed by atoms with Crippen LogP contribution in [0.15, 0.2) is 28.7 Å². The van der Waals surface area contributed by atoms with Crippen LogP contribution in [0.25, 0.3) is 0 Å². The van der Waals surface area contributed by atoms with Gasteiger partial charge in [0.2, 0.25) is 0 Å². The summed E-state index contributed by atoms with van der Waals surface area (Å²) >= 11 is 3.43. The van der Waals surface area contributed by atoms with E-state index in [-0.39, 0.29) is 5.56 Å². The van der Waals surface area contributed by atoms with Gasteiger partial charge in [0.25, 0.3) is 0 Å². The van der Waals surface area contributed by atoms with Gasteiger partial charge in [-0.15, -0.1) is 0 Å². The zero-order valence-corrected chi connectivity index (χ0v) is 13.5. The quantitative estimate of drug-likeness (QED) is 0.881. The number of hydrogen-bond donors (Lipinski definition) is 1. The molecule has 1 atom stereocenters. The first-order valence-electron chi connectivity index (χ1n) is 6.33. The van der Waals surface area contributed by atoms with Crippen LogP contribution in [-0.2, 0) is 0 Å². The molecule has 0 amide bonds. The first-order chi connectivity index (χ1) is 9.86. The maximum Gasteiger partial charge on any atom is 0.159 e. The molecule has 0 spiro atoms. The molecule has 0 aliphatic rings. The van der Waals surface area contributed by atoms with Gasteiger partial charge < -0.3 is 9.84 Å². The zero-order valence-electron chi connectivity index (χ0n) is 11.9. The summed E-state index contributed by atoms with van der Waals surface area (Å²) in [6.45, 7) is 3.68. The van der Waals surface area contributed by atoms with Crippen LogP contribution in [-0.4, -0.2) is 12.2 Å². The number of aryl methyl sites for hydroxylation is 1. The van der Waals surface area contributed by atoms with Crippen molar-refractivity contribution in [2.75, 3.05) is 7.11 Å².